The van der Waals surface area contributed by atoms with Gasteiger partial charge in [0, 0.05) is 18.0 Å². The number of nitrogens with two attached hydrogens (primary N) is 1. The molecule has 0 radical (unpaired) electrons. The van der Waals surface area contributed by atoms with E-state index in [0.717, 1.165) is 12.1 Å². The first-order chi connectivity index (χ1) is 9.65. The van der Waals surface area contributed by atoms with Gasteiger partial charge >= 0.3 is 0 Å². The van der Waals surface area contributed by atoms with Crippen LogP contribution in [0.5, 0.6) is 0 Å². The summed E-state index contributed by atoms with van der Waals surface area (Å²) in [6.45, 7) is 3.50. The van der Waals surface area contributed by atoms with Crippen LogP contribution in [-0.4, -0.2) is 18.5 Å². The van der Waals surface area contributed by atoms with Crippen LogP contribution in [0.1, 0.15) is 27.6 Å². The molecule has 0 saturated carbocycles. The maximum absolute atomic E-state index is 8.96. The van der Waals surface area contributed by atoms with E-state index in [1.807, 2.05) is 24.3 Å². The second-order valence-corrected chi connectivity index (χ2v) is 5.89. The number of hydrogen-bond donors (Lipinski definition) is 1. The fourth-order valence-corrected chi connectivity index (χ4v) is 3.46. The van der Waals surface area contributed by atoms with Gasteiger partial charge in [-0.1, -0.05) is 12.1 Å². The number of likely N-dealkylation sites (N-methyl/N-ethyl adjacent to an activating group) is 1. The zero-order valence-electron chi connectivity index (χ0n) is 11.8. The highest BCUT2D eigenvalue weighted by molar-refractivity contribution is 7.10. The summed E-state index contributed by atoms with van der Waals surface area (Å²) >= 11 is 1.75. The smallest absolute Gasteiger partial charge is 0.0991 e. The van der Waals surface area contributed by atoms with Crippen LogP contribution >= 0.6 is 11.3 Å². The van der Waals surface area contributed by atoms with E-state index in [1.165, 1.54) is 10.4 Å². The molecule has 0 fully saturated rings. The third-order valence-electron chi connectivity index (χ3n) is 3.45. The van der Waals surface area contributed by atoms with Crippen molar-refractivity contribution in [2.45, 2.75) is 19.5 Å². The maximum atomic E-state index is 8.96. The lowest BCUT2D eigenvalue weighted by molar-refractivity contribution is 0.244. The predicted molar refractivity (Wildman–Crippen MR) is 83.5 cm³/mol. The first kappa shape index (κ1) is 14.7. The molecule has 1 aromatic heterocycles. The molecule has 4 heteroatoms. The highest BCUT2D eigenvalue weighted by atomic mass is 32.1. The quantitative estimate of drug-likeness (QED) is 0.918. The lowest BCUT2D eigenvalue weighted by Crippen LogP contribution is -2.30. The zero-order chi connectivity index (χ0) is 14.5. The van der Waals surface area contributed by atoms with Gasteiger partial charge < -0.3 is 5.73 Å². The van der Waals surface area contributed by atoms with Crippen molar-refractivity contribution in [1.29, 1.82) is 5.26 Å². The van der Waals surface area contributed by atoms with Gasteiger partial charge in [-0.3, -0.25) is 4.90 Å². The Balaban J connectivity index is 2.15. The maximum Gasteiger partial charge on any atom is 0.0991 e. The first-order valence-electron chi connectivity index (χ1n) is 6.59. The van der Waals surface area contributed by atoms with E-state index in [1.54, 1.807) is 11.3 Å². The van der Waals surface area contributed by atoms with Gasteiger partial charge in [0.25, 0.3) is 0 Å². The number of nitrogens with zero attached hydrogens (tertiary/aromatic N) is 2. The van der Waals surface area contributed by atoms with E-state index in [-0.39, 0.29) is 6.04 Å². The molecule has 0 bridgehead atoms. The molecule has 0 amide bonds. The number of benzene rings is 1. The van der Waals surface area contributed by atoms with Crippen molar-refractivity contribution < 1.29 is 0 Å². The van der Waals surface area contributed by atoms with E-state index >= 15 is 0 Å². The Morgan fingerprint density at radius 2 is 2.20 bits per heavy atom. The molecule has 0 aliphatic carbocycles. The Morgan fingerprint density at radius 3 is 2.80 bits per heavy atom. The number of aryl methyl sites for hydroxylation is 1. The molecule has 0 aliphatic heterocycles. The number of thiophene rings is 1. The fourth-order valence-electron chi connectivity index (χ4n) is 2.35. The molecule has 104 valence electrons. The summed E-state index contributed by atoms with van der Waals surface area (Å²) in [5.41, 5.74) is 9.09. The van der Waals surface area contributed by atoms with Crippen molar-refractivity contribution in [2.24, 2.45) is 5.73 Å². The molecule has 0 saturated heterocycles. The molecule has 20 heavy (non-hydrogen) atoms. The van der Waals surface area contributed by atoms with E-state index < -0.39 is 0 Å². The Hall–Kier alpha value is -1.67. The number of hydrogen-bond acceptors (Lipinski definition) is 4. The largest absolute Gasteiger partial charge is 0.329 e. The van der Waals surface area contributed by atoms with Crippen molar-refractivity contribution in [2.75, 3.05) is 13.6 Å². The molecule has 2 aromatic rings. The first-order valence-corrected chi connectivity index (χ1v) is 7.47. The van der Waals surface area contributed by atoms with Gasteiger partial charge in [-0.05, 0) is 48.7 Å². The van der Waals surface area contributed by atoms with Gasteiger partial charge in [0.2, 0.25) is 0 Å². The molecular formula is C16H19N3S. The predicted octanol–water partition coefficient (Wildman–Crippen LogP) is 3.06. The van der Waals surface area contributed by atoms with Crippen LogP contribution in [0.4, 0.5) is 0 Å². The van der Waals surface area contributed by atoms with E-state index in [2.05, 4.69) is 36.4 Å². The fraction of sp³-hybridized carbons (Fsp3) is 0.312. The second kappa shape index (κ2) is 6.67. The zero-order valence-corrected chi connectivity index (χ0v) is 12.7. The average Bonchev–Trinajstić information content (AvgIpc) is 2.86. The molecule has 0 spiro atoms. The second-order valence-electron chi connectivity index (χ2n) is 4.95. The van der Waals surface area contributed by atoms with Crippen LogP contribution in [0.2, 0.25) is 0 Å². The SMILES string of the molecule is Cc1ccsc1C(CN)N(C)Cc1cccc(C#N)c1. The van der Waals surface area contributed by atoms with Gasteiger partial charge in [-0.2, -0.15) is 5.26 Å². The topological polar surface area (TPSA) is 53.0 Å². The molecule has 1 unspecified atom stereocenters. The third kappa shape index (κ3) is 3.26. The third-order valence-corrected chi connectivity index (χ3v) is 4.57. The van der Waals surface area contributed by atoms with Crippen molar-refractivity contribution >= 4 is 11.3 Å². The van der Waals surface area contributed by atoms with Crippen molar-refractivity contribution in [3.8, 4) is 6.07 Å². The van der Waals surface area contributed by atoms with Crippen LogP contribution in [0.3, 0.4) is 0 Å². The monoisotopic (exact) mass is 285 g/mol. The lowest BCUT2D eigenvalue weighted by atomic mass is 10.1. The number of nitriles is 1. The molecule has 1 heterocycles. The summed E-state index contributed by atoms with van der Waals surface area (Å²) in [6, 6.07) is 12.3. The molecule has 1 aromatic carbocycles. The van der Waals surface area contributed by atoms with E-state index in [0.29, 0.717) is 12.1 Å². The molecule has 2 N–H and O–H groups in total. The van der Waals surface area contributed by atoms with Crippen molar-refractivity contribution in [3.63, 3.8) is 0 Å². The van der Waals surface area contributed by atoms with E-state index in [4.69, 9.17) is 11.0 Å². The summed E-state index contributed by atoms with van der Waals surface area (Å²) in [4.78, 5) is 3.57. The lowest BCUT2D eigenvalue weighted by Gasteiger charge is -2.27. The standard InChI is InChI=1S/C16H19N3S/c1-12-6-7-20-16(12)15(10-18)19(2)11-14-5-3-4-13(8-14)9-17/h3-8,15H,10-11,18H2,1-2H3. The van der Waals surface area contributed by atoms with Gasteiger partial charge in [0.15, 0.2) is 0 Å². The minimum atomic E-state index is 0.223. The summed E-state index contributed by atoms with van der Waals surface area (Å²) < 4.78 is 0. The van der Waals surface area contributed by atoms with Gasteiger partial charge in [-0.25, -0.2) is 0 Å². The summed E-state index contributed by atoms with van der Waals surface area (Å²) in [7, 11) is 2.08. The van der Waals surface area contributed by atoms with Gasteiger partial charge in [0.05, 0.1) is 17.7 Å². The molecule has 2 rings (SSSR count). The van der Waals surface area contributed by atoms with Crippen LogP contribution in [0, 0.1) is 18.3 Å². The minimum absolute atomic E-state index is 0.223. The Kier molecular flexibility index (Phi) is 4.91. The summed E-state index contributed by atoms with van der Waals surface area (Å²) in [5.74, 6) is 0. The van der Waals surface area contributed by atoms with Crippen molar-refractivity contribution in [1.82, 2.24) is 4.90 Å². The van der Waals surface area contributed by atoms with Crippen LogP contribution in [0.25, 0.3) is 0 Å². The Bertz CT molecular complexity index is 612. The normalized spacial score (nSPS) is 12.3. The molecule has 1 atom stereocenters. The van der Waals surface area contributed by atoms with Crippen LogP contribution in [-0.2, 0) is 6.54 Å². The van der Waals surface area contributed by atoms with Crippen LogP contribution < -0.4 is 5.73 Å². The van der Waals surface area contributed by atoms with Gasteiger partial charge in [-0.15, -0.1) is 11.3 Å². The van der Waals surface area contributed by atoms with Crippen molar-refractivity contribution in [3.05, 3.63) is 57.3 Å². The molecule has 0 aliphatic rings. The summed E-state index contributed by atoms with van der Waals surface area (Å²) in [6.07, 6.45) is 0. The number of rotatable bonds is 5. The highest BCUT2D eigenvalue weighted by Crippen LogP contribution is 2.28. The molecular weight excluding hydrogens is 266 g/mol. The van der Waals surface area contributed by atoms with Crippen LogP contribution in [0.15, 0.2) is 35.7 Å². The molecule has 3 nitrogen and oxygen atoms in total. The Labute approximate surface area is 124 Å². The Morgan fingerprint density at radius 1 is 1.40 bits per heavy atom. The highest BCUT2D eigenvalue weighted by Gasteiger charge is 2.18. The van der Waals surface area contributed by atoms with E-state index in [9.17, 15) is 0 Å². The minimum Gasteiger partial charge on any atom is -0.329 e. The van der Waals surface area contributed by atoms with Gasteiger partial charge in [0.1, 0.15) is 0 Å². The average molecular weight is 285 g/mol. The summed E-state index contributed by atoms with van der Waals surface area (Å²) in [5, 5.41) is 11.1.